The van der Waals surface area contributed by atoms with Crippen LogP contribution in [0.15, 0.2) is 24.5 Å². The maximum atomic E-state index is 13.2. The Morgan fingerprint density at radius 3 is 2.61 bits per heavy atom. The van der Waals surface area contributed by atoms with E-state index in [0.717, 1.165) is 13.1 Å². The van der Waals surface area contributed by atoms with Crippen LogP contribution in [0.3, 0.4) is 0 Å². The molecule has 10 nitrogen and oxygen atoms in total. The summed E-state index contributed by atoms with van der Waals surface area (Å²) in [7, 11) is 1.24. The van der Waals surface area contributed by atoms with E-state index in [1.165, 1.54) is 20.2 Å². The third-order valence-electron chi connectivity index (χ3n) is 5.76. The first-order valence-corrected chi connectivity index (χ1v) is 10.5. The van der Waals surface area contributed by atoms with Gasteiger partial charge in [-0.2, -0.15) is 0 Å². The molecule has 0 aromatic carbocycles. The molecule has 10 heteroatoms. The topological polar surface area (TPSA) is 121 Å². The number of ether oxygens (including phenoxy) is 1. The fourth-order valence-corrected chi connectivity index (χ4v) is 3.98. The van der Waals surface area contributed by atoms with Gasteiger partial charge in [-0.1, -0.05) is 0 Å². The second-order valence-electron chi connectivity index (χ2n) is 7.82. The lowest BCUT2D eigenvalue weighted by atomic mass is 9.95. The van der Waals surface area contributed by atoms with Crippen LogP contribution in [0.4, 0.5) is 0 Å². The van der Waals surface area contributed by atoms with Gasteiger partial charge < -0.3 is 25.2 Å². The zero-order valence-corrected chi connectivity index (χ0v) is 17.9. The number of hydrogen-bond donors (Lipinski definition) is 2. The van der Waals surface area contributed by atoms with Crippen LogP contribution in [0.25, 0.3) is 0 Å². The maximum Gasteiger partial charge on any atom is 0.328 e. The molecule has 31 heavy (non-hydrogen) atoms. The van der Waals surface area contributed by atoms with E-state index in [1.807, 2.05) is 0 Å². The zero-order valence-electron chi connectivity index (χ0n) is 17.9. The summed E-state index contributed by atoms with van der Waals surface area (Å²) in [4.78, 5) is 58.0. The number of methoxy groups -OCH3 is 1. The Bertz CT molecular complexity index is 812. The molecule has 1 aromatic rings. The van der Waals surface area contributed by atoms with Crippen LogP contribution in [0.5, 0.6) is 0 Å². The lowest BCUT2D eigenvalue weighted by Gasteiger charge is -2.42. The number of nitrogens with one attached hydrogen (secondary N) is 2. The number of carbonyl (C=O) groups excluding carboxylic acids is 4. The van der Waals surface area contributed by atoms with Crippen molar-refractivity contribution in [2.24, 2.45) is 5.92 Å². The Balaban J connectivity index is 1.78. The minimum absolute atomic E-state index is 0.0458. The molecule has 0 aliphatic carbocycles. The lowest BCUT2D eigenvalue weighted by molar-refractivity contribution is -0.149. The van der Waals surface area contributed by atoms with E-state index in [9.17, 15) is 19.2 Å². The van der Waals surface area contributed by atoms with E-state index < -0.39 is 24.0 Å². The van der Waals surface area contributed by atoms with Crippen LogP contribution >= 0.6 is 0 Å². The molecule has 3 amide bonds. The first kappa shape index (κ1) is 22.7. The summed E-state index contributed by atoms with van der Waals surface area (Å²) in [6.07, 6.45) is 4.47. The number of piperidine rings is 1. The Morgan fingerprint density at radius 2 is 1.97 bits per heavy atom. The van der Waals surface area contributed by atoms with Crippen LogP contribution in [0, 0.1) is 5.92 Å². The van der Waals surface area contributed by atoms with Gasteiger partial charge in [-0.05, 0) is 45.0 Å². The van der Waals surface area contributed by atoms with Crippen molar-refractivity contribution in [2.75, 3.05) is 39.8 Å². The van der Waals surface area contributed by atoms with Gasteiger partial charge in [0.2, 0.25) is 11.8 Å². The van der Waals surface area contributed by atoms with Crippen LogP contribution in [0.1, 0.15) is 30.1 Å². The van der Waals surface area contributed by atoms with E-state index in [1.54, 1.807) is 28.1 Å². The van der Waals surface area contributed by atoms with E-state index in [2.05, 4.69) is 20.4 Å². The van der Waals surface area contributed by atoms with E-state index in [4.69, 9.17) is 0 Å². The maximum absolute atomic E-state index is 13.2. The largest absolute Gasteiger partial charge is 0.467 e. The molecule has 1 aromatic heterocycles. The normalized spacial score (nSPS) is 20.6. The molecule has 2 aliphatic rings. The van der Waals surface area contributed by atoms with Gasteiger partial charge in [0, 0.05) is 31.4 Å². The number of amides is 3. The van der Waals surface area contributed by atoms with Crippen LogP contribution in [-0.2, 0) is 19.1 Å². The zero-order chi connectivity index (χ0) is 22.4. The molecule has 3 rings (SSSR count). The average molecular weight is 431 g/mol. The molecule has 2 fully saturated rings. The quantitative estimate of drug-likeness (QED) is 0.598. The highest BCUT2D eigenvalue weighted by atomic mass is 16.5. The number of pyridine rings is 1. The summed E-state index contributed by atoms with van der Waals surface area (Å²) in [5, 5.41) is 5.85. The number of esters is 1. The molecule has 0 radical (unpaired) electrons. The third-order valence-corrected chi connectivity index (χ3v) is 5.76. The third kappa shape index (κ3) is 5.38. The molecule has 2 saturated heterocycles. The molecular formula is C21H29N5O5. The molecule has 2 N–H and O–H groups in total. The number of rotatable bonds is 5. The van der Waals surface area contributed by atoms with Crippen molar-refractivity contribution in [2.45, 2.75) is 31.8 Å². The highest BCUT2D eigenvalue weighted by Crippen LogP contribution is 2.21. The van der Waals surface area contributed by atoms with Gasteiger partial charge in [-0.25, -0.2) is 4.79 Å². The monoisotopic (exact) mass is 431 g/mol. The fourth-order valence-electron chi connectivity index (χ4n) is 3.98. The number of carbonyl (C=O) groups is 4. The van der Waals surface area contributed by atoms with Crippen molar-refractivity contribution in [1.82, 2.24) is 25.4 Å². The van der Waals surface area contributed by atoms with E-state index >= 15 is 0 Å². The van der Waals surface area contributed by atoms with Crippen molar-refractivity contribution in [3.63, 3.8) is 0 Å². The highest BCUT2D eigenvalue weighted by molar-refractivity contribution is 5.96. The number of nitrogens with zero attached hydrogens (tertiary/aromatic N) is 3. The molecule has 0 unspecified atom stereocenters. The predicted molar refractivity (Wildman–Crippen MR) is 111 cm³/mol. The summed E-state index contributed by atoms with van der Waals surface area (Å²) in [6, 6.07) is 1.59. The molecule has 0 spiro atoms. The van der Waals surface area contributed by atoms with Gasteiger partial charge in [-0.3, -0.25) is 19.4 Å². The van der Waals surface area contributed by atoms with Gasteiger partial charge in [0.1, 0.15) is 12.1 Å². The van der Waals surface area contributed by atoms with Crippen LogP contribution in [-0.4, -0.2) is 90.4 Å². The highest BCUT2D eigenvalue weighted by Gasteiger charge is 2.40. The first-order chi connectivity index (χ1) is 14.9. The smallest absolute Gasteiger partial charge is 0.328 e. The summed E-state index contributed by atoms with van der Waals surface area (Å²) >= 11 is 0. The molecule has 3 heterocycles. The van der Waals surface area contributed by atoms with Gasteiger partial charge in [0.15, 0.2) is 0 Å². The Morgan fingerprint density at radius 1 is 1.23 bits per heavy atom. The summed E-state index contributed by atoms with van der Waals surface area (Å²) in [6.45, 7) is 3.65. The Labute approximate surface area is 181 Å². The van der Waals surface area contributed by atoms with Crippen molar-refractivity contribution in [1.29, 1.82) is 0 Å². The SMILES string of the molecule is COC(=O)[C@@H](C)NC(=O)[C@@H]1CN(C(=O)c2cccnc2)CCN1C(=O)C1CCNCC1. The molecule has 0 bridgehead atoms. The number of piperazine rings is 1. The molecule has 2 aliphatic heterocycles. The van der Waals surface area contributed by atoms with Crippen molar-refractivity contribution >= 4 is 23.7 Å². The lowest BCUT2D eigenvalue weighted by Crippen LogP contribution is -2.63. The fraction of sp³-hybridized carbons (Fsp3) is 0.571. The summed E-state index contributed by atoms with van der Waals surface area (Å²) in [5.74, 6) is -1.55. The van der Waals surface area contributed by atoms with E-state index in [0.29, 0.717) is 24.9 Å². The number of hydrogen-bond acceptors (Lipinski definition) is 7. The van der Waals surface area contributed by atoms with Gasteiger partial charge in [0.25, 0.3) is 5.91 Å². The second kappa shape index (κ2) is 10.3. The van der Waals surface area contributed by atoms with E-state index in [-0.39, 0.29) is 30.8 Å². The number of aromatic nitrogens is 1. The minimum atomic E-state index is -0.885. The first-order valence-electron chi connectivity index (χ1n) is 10.5. The summed E-state index contributed by atoms with van der Waals surface area (Å²) in [5.41, 5.74) is 0.419. The molecule has 0 saturated carbocycles. The molecular weight excluding hydrogens is 402 g/mol. The van der Waals surface area contributed by atoms with Crippen LogP contribution in [0.2, 0.25) is 0 Å². The van der Waals surface area contributed by atoms with Crippen LogP contribution < -0.4 is 10.6 Å². The van der Waals surface area contributed by atoms with Crippen molar-refractivity contribution < 1.29 is 23.9 Å². The second-order valence-corrected chi connectivity index (χ2v) is 7.82. The Kier molecular flexibility index (Phi) is 7.56. The molecule has 2 atom stereocenters. The standard InChI is InChI=1S/C21H29N5O5/c1-14(21(30)31-2)24-18(27)17-13-25(19(28)16-4-3-7-23-12-16)10-11-26(17)20(29)15-5-8-22-9-6-15/h3-4,7,12,14-15,17,22H,5-6,8-11,13H2,1-2H3,(H,24,27)/t14-,17+/m1/s1. The van der Waals surface area contributed by atoms with Crippen molar-refractivity contribution in [3.8, 4) is 0 Å². The summed E-state index contributed by atoms with van der Waals surface area (Å²) < 4.78 is 4.67. The average Bonchev–Trinajstić information content (AvgIpc) is 2.83. The minimum Gasteiger partial charge on any atom is -0.467 e. The van der Waals surface area contributed by atoms with Gasteiger partial charge >= 0.3 is 5.97 Å². The molecule has 168 valence electrons. The van der Waals surface area contributed by atoms with Gasteiger partial charge in [-0.15, -0.1) is 0 Å². The van der Waals surface area contributed by atoms with Gasteiger partial charge in [0.05, 0.1) is 19.2 Å². The predicted octanol–water partition coefficient (Wildman–Crippen LogP) is -0.588. The van der Waals surface area contributed by atoms with Crippen molar-refractivity contribution in [3.05, 3.63) is 30.1 Å². The Hall–Kier alpha value is -3.01.